The van der Waals surface area contributed by atoms with Crippen molar-refractivity contribution in [1.29, 1.82) is 0 Å². The third kappa shape index (κ3) is 5.61. The number of methoxy groups -OCH3 is 1. The molecule has 1 aliphatic heterocycles. The van der Waals surface area contributed by atoms with Crippen molar-refractivity contribution in [3.63, 3.8) is 0 Å². The van der Waals surface area contributed by atoms with Crippen LogP contribution in [0.1, 0.15) is 11.1 Å². The van der Waals surface area contributed by atoms with Crippen molar-refractivity contribution in [2.75, 3.05) is 38.7 Å². The smallest absolute Gasteiger partial charge is 0.322 e. The molecule has 0 atom stereocenters. The molecule has 3 rings (SSSR count). The Labute approximate surface area is 179 Å². The zero-order valence-electron chi connectivity index (χ0n) is 16.7. The number of hydrogen-bond acceptors (Lipinski definition) is 3. The van der Waals surface area contributed by atoms with E-state index in [1.54, 1.807) is 29.0 Å². The number of urea groups is 2. The summed E-state index contributed by atoms with van der Waals surface area (Å²) < 4.78 is 18.5. The molecule has 30 heavy (non-hydrogen) atoms. The van der Waals surface area contributed by atoms with Crippen molar-refractivity contribution in [2.24, 2.45) is 0 Å². The van der Waals surface area contributed by atoms with E-state index >= 15 is 0 Å². The molecule has 9 heteroatoms. The van der Waals surface area contributed by atoms with Crippen molar-refractivity contribution in [2.45, 2.75) is 13.1 Å². The molecule has 1 fully saturated rings. The first-order chi connectivity index (χ1) is 14.5. The first-order valence-electron chi connectivity index (χ1n) is 9.57. The lowest BCUT2D eigenvalue weighted by Crippen LogP contribution is -2.37. The lowest BCUT2D eigenvalue weighted by molar-refractivity contribution is 0.153. The fourth-order valence-electron chi connectivity index (χ4n) is 3.15. The van der Waals surface area contributed by atoms with Gasteiger partial charge in [-0.1, -0.05) is 35.9 Å². The summed E-state index contributed by atoms with van der Waals surface area (Å²) in [7, 11) is 1.55. The molecule has 0 radical (unpaired) electrons. The number of hydrogen-bond donors (Lipinski definition) is 2. The highest BCUT2D eigenvalue weighted by Crippen LogP contribution is 2.21. The molecule has 2 aromatic carbocycles. The average molecular weight is 435 g/mol. The van der Waals surface area contributed by atoms with Gasteiger partial charge in [-0.2, -0.15) is 0 Å². The Hall–Kier alpha value is -2.84. The van der Waals surface area contributed by atoms with E-state index in [1.807, 2.05) is 18.2 Å². The van der Waals surface area contributed by atoms with Crippen LogP contribution in [0.15, 0.2) is 42.5 Å². The van der Waals surface area contributed by atoms with Crippen molar-refractivity contribution < 1.29 is 18.7 Å². The number of ether oxygens (including phenoxy) is 1. The minimum absolute atomic E-state index is 0.121. The van der Waals surface area contributed by atoms with Crippen molar-refractivity contribution in [1.82, 2.24) is 15.1 Å². The number of nitrogens with zero attached hydrogens (tertiary/aromatic N) is 2. The Morgan fingerprint density at radius 2 is 2.10 bits per heavy atom. The van der Waals surface area contributed by atoms with E-state index in [9.17, 15) is 14.0 Å². The van der Waals surface area contributed by atoms with Gasteiger partial charge in [0, 0.05) is 50.5 Å². The number of amides is 4. The summed E-state index contributed by atoms with van der Waals surface area (Å²) in [5.41, 5.74) is 2.08. The fraction of sp³-hybridized carbons (Fsp3) is 0.333. The van der Waals surface area contributed by atoms with Gasteiger partial charge in [0.25, 0.3) is 0 Å². The van der Waals surface area contributed by atoms with Gasteiger partial charge in [-0.3, -0.25) is 0 Å². The Bertz CT molecular complexity index is 912. The van der Waals surface area contributed by atoms with Crippen LogP contribution < -0.4 is 10.6 Å². The first kappa shape index (κ1) is 21.9. The molecule has 1 saturated heterocycles. The summed E-state index contributed by atoms with van der Waals surface area (Å²) in [6, 6.07) is 11.0. The molecule has 0 aliphatic carbocycles. The molecule has 0 saturated carbocycles. The number of nitrogens with one attached hydrogen (secondary N) is 2. The van der Waals surface area contributed by atoms with Crippen LogP contribution in [-0.2, 0) is 17.8 Å². The van der Waals surface area contributed by atoms with Gasteiger partial charge in [-0.15, -0.1) is 0 Å². The minimum atomic E-state index is -0.434. The zero-order valence-corrected chi connectivity index (χ0v) is 17.4. The van der Waals surface area contributed by atoms with Gasteiger partial charge in [-0.05, 0) is 29.3 Å². The zero-order chi connectivity index (χ0) is 21.5. The second-order valence-electron chi connectivity index (χ2n) is 6.89. The number of carbonyl (C=O) groups excluding carboxylic acids is 2. The molecule has 7 nitrogen and oxygen atoms in total. The Morgan fingerprint density at radius 1 is 1.30 bits per heavy atom. The van der Waals surface area contributed by atoms with E-state index in [0.29, 0.717) is 44.0 Å². The van der Waals surface area contributed by atoms with Gasteiger partial charge in [0.1, 0.15) is 5.82 Å². The molecule has 1 aliphatic rings. The van der Waals surface area contributed by atoms with Crippen molar-refractivity contribution in [3.05, 3.63) is 64.4 Å². The highest BCUT2D eigenvalue weighted by Gasteiger charge is 2.22. The molecule has 0 aromatic heterocycles. The summed E-state index contributed by atoms with van der Waals surface area (Å²) in [4.78, 5) is 28.1. The maximum absolute atomic E-state index is 13.3. The summed E-state index contributed by atoms with van der Waals surface area (Å²) in [6.45, 7) is 2.48. The molecule has 2 aromatic rings. The standard InChI is InChI=1S/C21H24ClFN4O3/c1-30-11-10-27(13-15-6-7-17(23)12-18(15)22)21(29)25-19-5-3-2-4-16(19)14-26-9-8-24-20(26)28/h2-7,12H,8-11,13-14H2,1H3,(H,24,28)(H,25,29). The maximum Gasteiger partial charge on any atom is 0.322 e. The molecule has 0 unspecified atom stereocenters. The number of anilines is 1. The van der Waals surface area contributed by atoms with Crippen LogP contribution >= 0.6 is 11.6 Å². The lowest BCUT2D eigenvalue weighted by atomic mass is 10.1. The maximum atomic E-state index is 13.3. The van der Waals surface area contributed by atoms with Crippen LogP contribution in [0.25, 0.3) is 0 Å². The van der Waals surface area contributed by atoms with E-state index < -0.39 is 5.82 Å². The summed E-state index contributed by atoms with van der Waals surface area (Å²) in [5, 5.41) is 5.94. The largest absolute Gasteiger partial charge is 0.383 e. The normalized spacial score (nSPS) is 13.3. The number of carbonyl (C=O) groups is 2. The Morgan fingerprint density at radius 3 is 2.80 bits per heavy atom. The van der Waals surface area contributed by atoms with Gasteiger partial charge >= 0.3 is 12.1 Å². The van der Waals surface area contributed by atoms with E-state index in [0.717, 1.165) is 5.56 Å². The summed E-state index contributed by atoms with van der Waals surface area (Å²) in [5.74, 6) is -0.434. The molecule has 0 spiro atoms. The van der Waals surface area contributed by atoms with E-state index in [2.05, 4.69) is 10.6 Å². The van der Waals surface area contributed by atoms with Crippen molar-refractivity contribution >= 4 is 29.4 Å². The van der Waals surface area contributed by atoms with Crippen LogP contribution in [0.4, 0.5) is 19.7 Å². The molecule has 4 amide bonds. The second-order valence-corrected chi connectivity index (χ2v) is 7.30. The van der Waals surface area contributed by atoms with Gasteiger partial charge in [0.2, 0.25) is 0 Å². The van der Waals surface area contributed by atoms with Gasteiger partial charge in [-0.25, -0.2) is 14.0 Å². The fourth-order valence-corrected chi connectivity index (χ4v) is 3.38. The quantitative estimate of drug-likeness (QED) is 0.665. The van der Waals surface area contributed by atoms with Crippen LogP contribution in [0.2, 0.25) is 5.02 Å². The molecule has 160 valence electrons. The van der Waals surface area contributed by atoms with Gasteiger partial charge in [0.05, 0.1) is 6.61 Å². The monoisotopic (exact) mass is 434 g/mol. The minimum Gasteiger partial charge on any atom is -0.383 e. The third-order valence-electron chi connectivity index (χ3n) is 4.79. The van der Waals surface area contributed by atoms with Crippen LogP contribution in [0.5, 0.6) is 0 Å². The molecular formula is C21H24ClFN4O3. The number of para-hydroxylation sites is 1. The van der Waals surface area contributed by atoms with E-state index in [-0.39, 0.29) is 23.6 Å². The SMILES string of the molecule is COCCN(Cc1ccc(F)cc1Cl)C(=O)Nc1ccccc1CN1CCNC1=O. The highest BCUT2D eigenvalue weighted by atomic mass is 35.5. The van der Waals surface area contributed by atoms with Gasteiger partial charge < -0.3 is 25.2 Å². The number of benzene rings is 2. The molecule has 1 heterocycles. The Kier molecular flexibility index (Phi) is 7.48. The van der Waals surface area contributed by atoms with Crippen molar-refractivity contribution in [3.8, 4) is 0 Å². The lowest BCUT2D eigenvalue weighted by Gasteiger charge is -2.25. The number of rotatable bonds is 8. The predicted molar refractivity (Wildman–Crippen MR) is 113 cm³/mol. The van der Waals surface area contributed by atoms with Crippen LogP contribution in [0.3, 0.4) is 0 Å². The summed E-state index contributed by atoms with van der Waals surface area (Å²) >= 11 is 6.13. The second kappa shape index (κ2) is 10.3. The average Bonchev–Trinajstić information content (AvgIpc) is 3.12. The molecular weight excluding hydrogens is 411 g/mol. The highest BCUT2D eigenvalue weighted by molar-refractivity contribution is 6.31. The van der Waals surface area contributed by atoms with E-state index in [1.165, 1.54) is 12.1 Å². The number of halogens is 2. The predicted octanol–water partition coefficient (Wildman–Crippen LogP) is 3.68. The summed E-state index contributed by atoms with van der Waals surface area (Å²) in [6.07, 6.45) is 0. The topological polar surface area (TPSA) is 73.9 Å². The van der Waals surface area contributed by atoms with Gasteiger partial charge in [0.15, 0.2) is 0 Å². The van der Waals surface area contributed by atoms with Crippen LogP contribution in [0, 0.1) is 5.82 Å². The van der Waals surface area contributed by atoms with Crippen LogP contribution in [-0.4, -0.2) is 55.2 Å². The van der Waals surface area contributed by atoms with E-state index in [4.69, 9.17) is 16.3 Å². The molecule has 0 bridgehead atoms. The third-order valence-corrected chi connectivity index (χ3v) is 5.15. The molecule has 2 N–H and O–H groups in total. The first-order valence-corrected chi connectivity index (χ1v) is 9.95. The Balaban J connectivity index is 1.74.